The highest BCUT2D eigenvalue weighted by atomic mass is 16.3. The Hall–Kier alpha value is -7.74. The first-order valence-electron chi connectivity index (χ1n) is 26.9. The molecule has 0 spiro atoms. The Morgan fingerprint density at radius 1 is 0.481 bits per heavy atom. The molecular weight excluding hydrogens is 961 g/mol. The predicted molar refractivity (Wildman–Crippen MR) is 307 cm³/mol. The van der Waals surface area contributed by atoms with Crippen LogP contribution in [0.3, 0.4) is 0 Å². The van der Waals surface area contributed by atoms with E-state index in [9.17, 15) is 19.8 Å². The summed E-state index contributed by atoms with van der Waals surface area (Å²) in [6.07, 6.45) is 2.09. The van der Waals surface area contributed by atoms with Crippen LogP contribution in [-0.4, -0.2) is 58.5 Å². The lowest BCUT2D eigenvalue weighted by Gasteiger charge is -2.50. The SMILES string of the molecule is Cn1c(=O)n2c3cc4nn(nc4cc31)-c1cc(C(C)(C)CC(C)(C)C)cc(c1O)C(C)(c1ccccc1)C(C)(c1ccccc1)c1cc(C(C)(C)CC(C)(C)C)cc(c1O)-n1nc3cc4c(cc3n1)n(c(=O)n4C)CCC2. The summed E-state index contributed by atoms with van der Waals surface area (Å²) in [6, 6.07) is 36.6. The Morgan fingerprint density at radius 2 is 0.805 bits per heavy atom. The van der Waals surface area contributed by atoms with Gasteiger partial charge in [-0.25, -0.2) is 9.59 Å². The number of rotatable bonds is 6. The van der Waals surface area contributed by atoms with Crippen molar-refractivity contribution in [1.29, 1.82) is 0 Å². The standard InChI is InChI=1S/C63H72N10O4/c1-58(2,3)36-60(7,8)40-28-42-54(74)52(30-40)72-64-44-32-48-50(34-46(44)66-72)70(56(76)68(48)13)26-21-27-71-51-35-47-45(33-49(51)69(14)57(71)77)65-73(67-47)53-31-41(61(9,10)37-59(4,5)6)29-43(55(53)75)63(12,39-24-19-16-20-25-39)62(42,11)38-22-17-15-18-23-38/h15-20,22-25,28-35,74-75H,21,26-27,36-37H2,1-14H3. The molecular formula is C63H72N10O4. The minimum absolute atomic E-state index is 0.0147. The van der Waals surface area contributed by atoms with E-state index in [0.29, 0.717) is 86.1 Å². The van der Waals surface area contributed by atoms with Gasteiger partial charge < -0.3 is 10.2 Å². The Balaban J connectivity index is 1.32. The molecule has 0 saturated heterocycles. The number of phenolic OH excluding ortho intramolecular Hbond substituents is 2. The third-order valence-corrected chi connectivity index (χ3v) is 17.0. The fraction of sp³-hybridized carbons (Fsp3) is 0.397. The van der Waals surface area contributed by atoms with Crippen LogP contribution in [0, 0.1) is 10.8 Å². The van der Waals surface area contributed by atoms with Crippen molar-refractivity contribution in [1.82, 2.24) is 48.3 Å². The average molecular weight is 1030 g/mol. The maximum atomic E-state index is 14.1. The number of hydrogen-bond donors (Lipinski definition) is 2. The van der Waals surface area contributed by atoms with E-state index in [2.05, 4.69) is 119 Å². The van der Waals surface area contributed by atoms with Gasteiger partial charge in [0.2, 0.25) is 0 Å². The highest BCUT2D eigenvalue weighted by Crippen LogP contribution is 2.59. The second-order valence-electron chi connectivity index (χ2n) is 26.0. The summed E-state index contributed by atoms with van der Waals surface area (Å²) in [4.78, 5) is 31.2. The third-order valence-electron chi connectivity index (χ3n) is 17.0. The summed E-state index contributed by atoms with van der Waals surface area (Å²) < 4.78 is 6.73. The van der Waals surface area contributed by atoms with Crippen molar-refractivity contribution >= 4 is 44.1 Å². The Labute approximate surface area is 449 Å². The van der Waals surface area contributed by atoms with Crippen LogP contribution in [0.5, 0.6) is 11.5 Å². The molecule has 14 nitrogen and oxygen atoms in total. The molecule has 0 radical (unpaired) electrons. The molecule has 4 aromatic heterocycles. The largest absolute Gasteiger partial charge is 0.505 e. The lowest BCUT2D eigenvalue weighted by molar-refractivity contribution is 0.280. The van der Waals surface area contributed by atoms with Gasteiger partial charge in [-0.1, -0.05) is 156 Å². The van der Waals surface area contributed by atoms with E-state index in [1.807, 2.05) is 72.8 Å². The van der Waals surface area contributed by atoms with Crippen LogP contribution >= 0.6 is 0 Å². The number of fused-ring (bicyclic) bond motifs is 8. The van der Waals surface area contributed by atoms with Crippen molar-refractivity contribution in [3.63, 3.8) is 0 Å². The van der Waals surface area contributed by atoms with E-state index in [1.54, 1.807) is 42.0 Å². The summed E-state index contributed by atoms with van der Waals surface area (Å²) in [5.74, 6) is -0.0294. The van der Waals surface area contributed by atoms with Crippen molar-refractivity contribution in [2.24, 2.45) is 24.9 Å². The fourth-order valence-corrected chi connectivity index (χ4v) is 13.6. The first-order chi connectivity index (χ1) is 36.1. The summed E-state index contributed by atoms with van der Waals surface area (Å²) in [6.45, 7) is 27.5. The van der Waals surface area contributed by atoms with Crippen LogP contribution in [-0.2, 0) is 48.8 Å². The molecule has 0 amide bonds. The first-order valence-corrected chi connectivity index (χ1v) is 26.9. The molecule has 10 aromatic rings. The van der Waals surface area contributed by atoms with E-state index in [0.717, 1.165) is 35.1 Å². The molecule has 6 aromatic carbocycles. The van der Waals surface area contributed by atoms with Gasteiger partial charge in [0.25, 0.3) is 0 Å². The van der Waals surface area contributed by atoms with Crippen LogP contribution in [0.4, 0.5) is 0 Å². The lowest BCUT2D eigenvalue weighted by atomic mass is 9.52. The van der Waals surface area contributed by atoms with Crippen LogP contribution in [0.1, 0.15) is 136 Å². The Morgan fingerprint density at radius 3 is 1.13 bits per heavy atom. The van der Waals surface area contributed by atoms with Crippen LogP contribution in [0.15, 0.2) is 119 Å². The van der Waals surface area contributed by atoms with Crippen molar-refractivity contribution in [3.05, 3.63) is 164 Å². The van der Waals surface area contributed by atoms with Gasteiger partial charge in [0.05, 0.1) is 22.1 Å². The van der Waals surface area contributed by atoms with Crippen molar-refractivity contribution in [2.75, 3.05) is 0 Å². The molecule has 77 heavy (non-hydrogen) atoms. The number of aryl methyl sites for hydroxylation is 4. The number of benzene rings is 6. The van der Waals surface area contributed by atoms with Gasteiger partial charge in [-0.3, -0.25) is 18.3 Å². The van der Waals surface area contributed by atoms with E-state index in [1.165, 1.54) is 0 Å². The second-order valence-corrected chi connectivity index (χ2v) is 26.0. The molecule has 14 heteroatoms. The minimum atomic E-state index is -1.19. The molecule has 1 aliphatic heterocycles. The van der Waals surface area contributed by atoms with Crippen LogP contribution in [0.2, 0.25) is 0 Å². The van der Waals surface area contributed by atoms with Gasteiger partial charge in [-0.05, 0) is 99.6 Å². The normalized spacial score (nSPS) is 17.7. The number of nitrogens with zero attached hydrogens (tertiary/aromatic N) is 10. The monoisotopic (exact) mass is 1030 g/mol. The molecule has 2 atom stereocenters. The Bertz CT molecular complexity index is 3850. The zero-order valence-electron chi connectivity index (χ0n) is 47.1. The molecule has 5 heterocycles. The average Bonchev–Trinajstić information content (AvgIpc) is 4.20. The molecule has 398 valence electrons. The van der Waals surface area contributed by atoms with E-state index in [-0.39, 0.29) is 33.7 Å². The summed E-state index contributed by atoms with van der Waals surface area (Å²) in [7, 11) is 3.51. The predicted octanol–water partition coefficient (Wildman–Crippen LogP) is 12.0. The van der Waals surface area contributed by atoms with Gasteiger partial charge in [0.15, 0.2) is 0 Å². The topological polar surface area (TPSA) is 156 Å². The number of hydrogen-bond acceptors (Lipinski definition) is 8. The van der Waals surface area contributed by atoms with Crippen LogP contribution < -0.4 is 11.4 Å². The molecule has 0 fully saturated rings. The van der Waals surface area contributed by atoms with E-state index < -0.39 is 21.7 Å². The lowest BCUT2D eigenvalue weighted by Crippen LogP contribution is -2.47. The van der Waals surface area contributed by atoms with Crippen molar-refractivity contribution in [3.8, 4) is 22.9 Å². The summed E-state index contributed by atoms with van der Waals surface area (Å²) in [5.41, 5.74) is 6.91. The molecule has 11 rings (SSSR count). The highest BCUT2D eigenvalue weighted by Gasteiger charge is 2.53. The second kappa shape index (κ2) is 17.4. The fourth-order valence-electron chi connectivity index (χ4n) is 13.6. The summed E-state index contributed by atoms with van der Waals surface area (Å²) >= 11 is 0. The summed E-state index contributed by atoms with van der Waals surface area (Å²) in [5, 5.41) is 47.8. The van der Waals surface area contributed by atoms with Gasteiger partial charge in [-0.15, -0.1) is 30.0 Å². The highest BCUT2D eigenvalue weighted by molar-refractivity contribution is 5.92. The van der Waals surface area contributed by atoms with Gasteiger partial charge >= 0.3 is 11.4 Å². The van der Waals surface area contributed by atoms with Gasteiger partial charge in [0.1, 0.15) is 44.9 Å². The quantitative estimate of drug-likeness (QED) is 0.167. The molecule has 0 aliphatic carbocycles. The van der Waals surface area contributed by atoms with Crippen LogP contribution in [0.25, 0.3) is 55.5 Å². The maximum absolute atomic E-state index is 14.1. The zero-order chi connectivity index (χ0) is 55.1. The molecule has 10 bridgehead atoms. The smallest absolute Gasteiger partial charge is 0.328 e. The third kappa shape index (κ3) is 8.19. The first kappa shape index (κ1) is 51.4. The molecule has 2 unspecified atom stereocenters. The van der Waals surface area contributed by atoms with Gasteiger partial charge in [-0.2, -0.15) is 0 Å². The molecule has 0 saturated carbocycles. The number of aromatic hydroxyl groups is 2. The number of aromatic nitrogens is 10. The van der Waals surface area contributed by atoms with E-state index in [4.69, 9.17) is 20.4 Å². The van der Waals surface area contributed by atoms with Crippen molar-refractivity contribution in [2.45, 2.75) is 137 Å². The Kier molecular flexibility index (Phi) is 11.6. The number of imidazole rings is 2. The van der Waals surface area contributed by atoms with E-state index >= 15 is 0 Å². The van der Waals surface area contributed by atoms with Crippen molar-refractivity contribution < 1.29 is 10.2 Å². The van der Waals surface area contributed by atoms with Gasteiger partial charge in [0, 0.05) is 49.1 Å². The zero-order valence-corrected chi connectivity index (χ0v) is 47.1. The molecule has 1 aliphatic rings. The maximum Gasteiger partial charge on any atom is 0.328 e. The minimum Gasteiger partial charge on any atom is -0.505 e. The molecule has 2 N–H and O–H groups in total. The number of phenols is 2.